The summed E-state index contributed by atoms with van der Waals surface area (Å²) in [6.45, 7) is 2.46. The molecule has 0 aliphatic carbocycles. The van der Waals surface area contributed by atoms with Gasteiger partial charge in [0.1, 0.15) is 11.6 Å². The van der Waals surface area contributed by atoms with Crippen molar-refractivity contribution in [2.24, 2.45) is 0 Å². The van der Waals surface area contributed by atoms with E-state index in [0.29, 0.717) is 12.2 Å². The Morgan fingerprint density at radius 1 is 1.16 bits per heavy atom. The number of hydrogen-bond acceptors (Lipinski definition) is 2. The summed E-state index contributed by atoms with van der Waals surface area (Å²) in [4.78, 5) is 10.9. The third-order valence-electron chi connectivity index (χ3n) is 2.64. The van der Waals surface area contributed by atoms with Crippen LogP contribution in [-0.4, -0.2) is 17.7 Å². The normalized spacial score (nSPS) is 10.2. The maximum Gasteiger partial charge on any atom is 0.335 e. The fraction of sp³-hybridized carbons (Fsp3) is 0.133. The van der Waals surface area contributed by atoms with Gasteiger partial charge in [0.2, 0.25) is 0 Å². The molecule has 0 fully saturated rings. The van der Waals surface area contributed by atoms with Gasteiger partial charge in [0.25, 0.3) is 0 Å². The van der Waals surface area contributed by atoms with Crippen molar-refractivity contribution in [1.82, 2.24) is 0 Å². The molecular formula is C15H13FO3. The van der Waals surface area contributed by atoms with Crippen molar-refractivity contribution in [1.29, 1.82) is 0 Å². The second kappa shape index (κ2) is 5.52. The van der Waals surface area contributed by atoms with Crippen LogP contribution in [0.2, 0.25) is 0 Å². The summed E-state index contributed by atoms with van der Waals surface area (Å²) in [5.41, 5.74) is 1.20. The maximum absolute atomic E-state index is 13.4. The molecule has 2 rings (SSSR count). The molecule has 0 atom stereocenters. The van der Waals surface area contributed by atoms with Crippen LogP contribution in [0.5, 0.6) is 5.75 Å². The standard InChI is InChI=1S/C15H13FO3/c1-2-19-14-5-3-10(4-6-14)11-7-12(15(17)18)9-13(16)8-11/h3-9H,2H2,1H3,(H,17,18). The van der Waals surface area contributed by atoms with Gasteiger partial charge in [0.15, 0.2) is 0 Å². The number of halogens is 1. The minimum Gasteiger partial charge on any atom is -0.494 e. The molecule has 2 aromatic carbocycles. The van der Waals surface area contributed by atoms with Crippen LogP contribution in [0.1, 0.15) is 17.3 Å². The largest absolute Gasteiger partial charge is 0.494 e. The molecule has 2 aromatic rings. The molecule has 0 aliphatic heterocycles. The van der Waals surface area contributed by atoms with E-state index in [2.05, 4.69) is 0 Å². The number of carboxylic acid groups (broad SMARTS) is 1. The first-order valence-electron chi connectivity index (χ1n) is 5.87. The lowest BCUT2D eigenvalue weighted by molar-refractivity contribution is 0.0696. The van der Waals surface area contributed by atoms with Crippen molar-refractivity contribution in [2.75, 3.05) is 6.61 Å². The van der Waals surface area contributed by atoms with Gasteiger partial charge in [0, 0.05) is 0 Å². The Kier molecular flexibility index (Phi) is 3.80. The summed E-state index contributed by atoms with van der Waals surface area (Å²) in [7, 11) is 0. The van der Waals surface area contributed by atoms with Crippen LogP contribution in [0.3, 0.4) is 0 Å². The van der Waals surface area contributed by atoms with Crippen molar-refractivity contribution >= 4 is 5.97 Å². The van der Waals surface area contributed by atoms with Crippen LogP contribution in [0.25, 0.3) is 11.1 Å². The minimum atomic E-state index is -1.15. The lowest BCUT2D eigenvalue weighted by Crippen LogP contribution is -1.97. The van der Waals surface area contributed by atoms with Gasteiger partial charge in [0.05, 0.1) is 12.2 Å². The first-order chi connectivity index (χ1) is 9.10. The second-order valence-corrected chi connectivity index (χ2v) is 3.99. The van der Waals surface area contributed by atoms with Gasteiger partial charge in [-0.05, 0) is 48.4 Å². The van der Waals surface area contributed by atoms with Crippen molar-refractivity contribution in [3.63, 3.8) is 0 Å². The third kappa shape index (κ3) is 3.10. The quantitative estimate of drug-likeness (QED) is 0.913. The highest BCUT2D eigenvalue weighted by atomic mass is 19.1. The summed E-state index contributed by atoms with van der Waals surface area (Å²) in [6, 6.07) is 10.8. The van der Waals surface area contributed by atoms with E-state index >= 15 is 0 Å². The van der Waals surface area contributed by atoms with Crippen LogP contribution >= 0.6 is 0 Å². The van der Waals surface area contributed by atoms with Crippen molar-refractivity contribution in [3.8, 4) is 16.9 Å². The number of aromatic carboxylic acids is 1. The molecular weight excluding hydrogens is 247 g/mol. The summed E-state index contributed by atoms with van der Waals surface area (Å²) < 4.78 is 18.7. The van der Waals surface area contributed by atoms with Gasteiger partial charge >= 0.3 is 5.97 Å². The molecule has 0 radical (unpaired) electrons. The zero-order chi connectivity index (χ0) is 13.8. The van der Waals surface area contributed by atoms with Gasteiger partial charge in [-0.3, -0.25) is 0 Å². The minimum absolute atomic E-state index is 0.0658. The monoisotopic (exact) mass is 260 g/mol. The molecule has 98 valence electrons. The van der Waals surface area contributed by atoms with Crippen LogP contribution in [0.4, 0.5) is 4.39 Å². The molecule has 19 heavy (non-hydrogen) atoms. The second-order valence-electron chi connectivity index (χ2n) is 3.99. The van der Waals surface area contributed by atoms with Gasteiger partial charge < -0.3 is 9.84 Å². The van der Waals surface area contributed by atoms with Gasteiger partial charge in [-0.1, -0.05) is 12.1 Å². The van der Waals surface area contributed by atoms with Crippen molar-refractivity contribution in [3.05, 3.63) is 53.8 Å². The first-order valence-corrected chi connectivity index (χ1v) is 5.87. The average molecular weight is 260 g/mol. The van der Waals surface area contributed by atoms with E-state index < -0.39 is 11.8 Å². The van der Waals surface area contributed by atoms with Gasteiger partial charge in [-0.25, -0.2) is 9.18 Å². The number of benzene rings is 2. The topological polar surface area (TPSA) is 46.5 Å². The summed E-state index contributed by atoms with van der Waals surface area (Å²) in [5, 5.41) is 8.91. The Morgan fingerprint density at radius 2 is 1.84 bits per heavy atom. The summed E-state index contributed by atoms with van der Waals surface area (Å²) >= 11 is 0. The van der Waals surface area contributed by atoms with Gasteiger partial charge in [-0.15, -0.1) is 0 Å². The Labute approximate surface area is 110 Å². The van der Waals surface area contributed by atoms with E-state index in [0.717, 1.165) is 17.4 Å². The zero-order valence-corrected chi connectivity index (χ0v) is 10.4. The molecule has 1 N–H and O–H groups in total. The lowest BCUT2D eigenvalue weighted by atomic mass is 10.0. The Balaban J connectivity index is 2.38. The number of rotatable bonds is 4. The Morgan fingerprint density at radius 3 is 2.42 bits per heavy atom. The SMILES string of the molecule is CCOc1ccc(-c2cc(F)cc(C(=O)O)c2)cc1. The molecule has 0 aromatic heterocycles. The summed E-state index contributed by atoms with van der Waals surface area (Å²) in [6.07, 6.45) is 0. The van der Waals surface area contributed by atoms with E-state index in [9.17, 15) is 9.18 Å². The molecule has 0 saturated carbocycles. The van der Waals surface area contributed by atoms with Crippen LogP contribution < -0.4 is 4.74 Å². The number of hydrogen-bond donors (Lipinski definition) is 1. The van der Waals surface area contributed by atoms with E-state index in [1.807, 2.05) is 6.92 Å². The highest BCUT2D eigenvalue weighted by Crippen LogP contribution is 2.24. The predicted octanol–water partition coefficient (Wildman–Crippen LogP) is 3.59. The zero-order valence-electron chi connectivity index (χ0n) is 10.4. The molecule has 0 spiro atoms. The van der Waals surface area contributed by atoms with Gasteiger partial charge in [-0.2, -0.15) is 0 Å². The maximum atomic E-state index is 13.4. The van der Waals surface area contributed by atoms with Crippen LogP contribution in [0.15, 0.2) is 42.5 Å². The Hall–Kier alpha value is -2.36. The Bertz CT molecular complexity index is 591. The van der Waals surface area contributed by atoms with Crippen molar-refractivity contribution < 1.29 is 19.0 Å². The molecule has 4 heteroatoms. The molecule has 3 nitrogen and oxygen atoms in total. The van der Waals surface area contributed by atoms with E-state index in [1.165, 1.54) is 12.1 Å². The van der Waals surface area contributed by atoms with E-state index in [4.69, 9.17) is 9.84 Å². The molecule has 0 unspecified atom stereocenters. The van der Waals surface area contributed by atoms with E-state index in [1.54, 1.807) is 24.3 Å². The average Bonchev–Trinajstić information content (AvgIpc) is 2.39. The fourth-order valence-corrected chi connectivity index (χ4v) is 1.79. The molecule has 0 aliphatic rings. The van der Waals surface area contributed by atoms with Crippen LogP contribution in [-0.2, 0) is 0 Å². The lowest BCUT2D eigenvalue weighted by Gasteiger charge is -2.06. The predicted molar refractivity (Wildman–Crippen MR) is 70.0 cm³/mol. The molecule has 0 amide bonds. The number of carbonyl (C=O) groups is 1. The number of carboxylic acids is 1. The molecule has 0 heterocycles. The first kappa shape index (κ1) is 13.1. The third-order valence-corrected chi connectivity index (χ3v) is 2.64. The molecule has 0 bridgehead atoms. The molecule has 0 saturated heterocycles. The van der Waals surface area contributed by atoms with Crippen LogP contribution in [0, 0.1) is 5.82 Å². The number of ether oxygens (including phenoxy) is 1. The fourth-order valence-electron chi connectivity index (χ4n) is 1.79. The summed E-state index contributed by atoms with van der Waals surface area (Å²) in [5.74, 6) is -0.989. The highest BCUT2D eigenvalue weighted by Gasteiger charge is 2.08. The highest BCUT2D eigenvalue weighted by molar-refractivity contribution is 5.89. The van der Waals surface area contributed by atoms with E-state index in [-0.39, 0.29) is 5.56 Å². The smallest absolute Gasteiger partial charge is 0.335 e. The van der Waals surface area contributed by atoms with Crippen molar-refractivity contribution in [2.45, 2.75) is 6.92 Å².